The number of hydrogen-bond donors (Lipinski definition) is 2. The maximum atomic E-state index is 12.3. The van der Waals surface area contributed by atoms with Crippen molar-refractivity contribution < 1.29 is 9.90 Å². The summed E-state index contributed by atoms with van der Waals surface area (Å²) in [5.41, 5.74) is 5.51. The molecule has 25 heavy (non-hydrogen) atoms. The Kier molecular flexibility index (Phi) is 4.68. The summed E-state index contributed by atoms with van der Waals surface area (Å²) < 4.78 is 0. The van der Waals surface area contributed by atoms with Crippen molar-refractivity contribution in [1.82, 2.24) is 5.32 Å². The normalized spacial score (nSPS) is 17.4. The molecule has 2 aromatic rings. The first-order valence-corrected chi connectivity index (χ1v) is 8.83. The van der Waals surface area contributed by atoms with E-state index in [0.717, 1.165) is 33.5 Å². The lowest BCUT2D eigenvalue weighted by Gasteiger charge is -2.05. The van der Waals surface area contributed by atoms with Crippen LogP contribution in [0.25, 0.3) is 6.08 Å². The lowest BCUT2D eigenvalue weighted by molar-refractivity contribution is -0.115. The first kappa shape index (κ1) is 17.3. The molecule has 2 aromatic carbocycles. The third-order valence-electron chi connectivity index (χ3n) is 4.11. The van der Waals surface area contributed by atoms with Crippen molar-refractivity contribution in [1.29, 1.82) is 0 Å². The maximum absolute atomic E-state index is 12.3. The first-order chi connectivity index (χ1) is 11.8. The Bertz CT molecular complexity index is 886. The van der Waals surface area contributed by atoms with E-state index in [1.165, 1.54) is 11.8 Å². The van der Waals surface area contributed by atoms with Gasteiger partial charge in [-0.05, 0) is 85.5 Å². The van der Waals surface area contributed by atoms with Gasteiger partial charge in [0, 0.05) is 0 Å². The van der Waals surface area contributed by atoms with Crippen LogP contribution in [0.3, 0.4) is 0 Å². The minimum Gasteiger partial charge on any atom is -0.507 e. The smallest absolute Gasteiger partial charge is 0.264 e. The van der Waals surface area contributed by atoms with Crippen LogP contribution >= 0.6 is 11.8 Å². The average molecular weight is 352 g/mol. The van der Waals surface area contributed by atoms with Crippen molar-refractivity contribution in [3.8, 4) is 5.75 Å². The topological polar surface area (TPSA) is 61.7 Å². The highest BCUT2D eigenvalue weighted by Gasteiger charge is 2.24. The summed E-state index contributed by atoms with van der Waals surface area (Å²) in [5, 5.41) is 13.3. The average Bonchev–Trinajstić information content (AvgIpc) is 2.88. The second-order valence-corrected chi connectivity index (χ2v) is 7.26. The zero-order valence-corrected chi connectivity index (χ0v) is 15.5. The van der Waals surface area contributed by atoms with Crippen molar-refractivity contribution in [2.24, 2.45) is 4.99 Å². The van der Waals surface area contributed by atoms with Gasteiger partial charge in [-0.3, -0.25) is 4.79 Å². The fourth-order valence-corrected chi connectivity index (χ4v) is 3.62. The molecule has 4 nitrogen and oxygen atoms in total. The molecule has 1 aliphatic heterocycles. The number of amides is 1. The van der Waals surface area contributed by atoms with Gasteiger partial charge in [-0.1, -0.05) is 18.2 Å². The molecule has 5 heteroatoms. The van der Waals surface area contributed by atoms with Crippen LogP contribution in [0.1, 0.15) is 27.8 Å². The Hall–Kier alpha value is -2.53. The van der Waals surface area contributed by atoms with E-state index in [1.807, 2.05) is 64.1 Å². The molecule has 0 bridgehead atoms. The number of amidine groups is 1. The van der Waals surface area contributed by atoms with Crippen LogP contribution in [0.5, 0.6) is 5.75 Å². The number of phenols is 1. The van der Waals surface area contributed by atoms with E-state index in [2.05, 4.69) is 10.3 Å². The number of carbonyl (C=O) groups is 1. The van der Waals surface area contributed by atoms with Gasteiger partial charge in [-0.25, -0.2) is 4.99 Å². The minimum atomic E-state index is -0.154. The molecule has 3 rings (SSSR count). The number of nitrogens with zero attached hydrogens (tertiary/aromatic N) is 1. The van der Waals surface area contributed by atoms with E-state index in [0.29, 0.717) is 15.8 Å². The lowest BCUT2D eigenvalue weighted by atomic mass is 10.1. The van der Waals surface area contributed by atoms with E-state index in [4.69, 9.17) is 0 Å². The third kappa shape index (κ3) is 3.61. The van der Waals surface area contributed by atoms with Crippen molar-refractivity contribution in [3.63, 3.8) is 0 Å². The van der Waals surface area contributed by atoms with Crippen LogP contribution in [-0.2, 0) is 4.79 Å². The number of phenolic OH excluding ortho intramolecular Hbond substituents is 1. The molecule has 1 aliphatic rings. The number of aliphatic imine (C=N–C) groups is 1. The molecule has 0 aliphatic carbocycles. The molecule has 0 aromatic heterocycles. The number of benzene rings is 2. The molecule has 0 saturated carbocycles. The Morgan fingerprint density at radius 3 is 2.24 bits per heavy atom. The summed E-state index contributed by atoms with van der Waals surface area (Å²) in [4.78, 5) is 17.5. The molecule has 1 amide bonds. The Balaban J connectivity index is 1.92. The molecule has 0 unspecified atom stereocenters. The standard InChI is InChI=1S/C20H20N2O2S/c1-11-6-5-7-12(2)17(11)21-20-22-19(24)16(25-20)10-15-8-13(3)18(23)14(4)9-15/h5-10,23H,1-4H3,(H,21,22,24). The fraction of sp³-hybridized carbons (Fsp3) is 0.200. The zero-order chi connectivity index (χ0) is 18.1. The number of rotatable bonds is 2. The minimum absolute atomic E-state index is 0.154. The summed E-state index contributed by atoms with van der Waals surface area (Å²) >= 11 is 1.33. The molecule has 0 radical (unpaired) electrons. The van der Waals surface area contributed by atoms with Crippen LogP contribution in [0.15, 0.2) is 40.2 Å². The molecule has 0 spiro atoms. The van der Waals surface area contributed by atoms with Crippen LogP contribution in [0.2, 0.25) is 0 Å². The summed E-state index contributed by atoms with van der Waals surface area (Å²) in [7, 11) is 0. The van der Waals surface area contributed by atoms with Gasteiger partial charge in [-0.2, -0.15) is 0 Å². The number of para-hydroxylation sites is 1. The first-order valence-electron chi connectivity index (χ1n) is 8.01. The van der Waals surface area contributed by atoms with Crippen molar-refractivity contribution in [2.45, 2.75) is 27.7 Å². The van der Waals surface area contributed by atoms with Crippen LogP contribution in [0.4, 0.5) is 5.69 Å². The lowest BCUT2D eigenvalue weighted by Crippen LogP contribution is -2.19. The molecular weight excluding hydrogens is 332 g/mol. The number of carbonyl (C=O) groups excluding carboxylic acids is 1. The second-order valence-electron chi connectivity index (χ2n) is 6.23. The number of aryl methyl sites for hydroxylation is 4. The SMILES string of the molecule is Cc1cc(C=C2SC(=Nc3c(C)cccc3C)NC2=O)cc(C)c1O. The van der Waals surface area contributed by atoms with Gasteiger partial charge in [0.05, 0.1) is 10.6 Å². The van der Waals surface area contributed by atoms with E-state index >= 15 is 0 Å². The molecular formula is C20H20N2O2S. The van der Waals surface area contributed by atoms with Gasteiger partial charge in [-0.15, -0.1) is 0 Å². The fourth-order valence-electron chi connectivity index (χ4n) is 2.79. The summed E-state index contributed by atoms with van der Waals surface area (Å²) in [5.74, 6) is 0.140. The van der Waals surface area contributed by atoms with Crippen molar-refractivity contribution in [3.05, 3.63) is 63.1 Å². The van der Waals surface area contributed by atoms with Gasteiger partial charge < -0.3 is 10.4 Å². The summed E-state index contributed by atoms with van der Waals surface area (Å²) in [6, 6.07) is 9.74. The number of aromatic hydroxyl groups is 1. The quantitative estimate of drug-likeness (QED) is 0.781. The maximum Gasteiger partial charge on any atom is 0.264 e. The Morgan fingerprint density at radius 2 is 1.64 bits per heavy atom. The monoisotopic (exact) mass is 352 g/mol. The number of thioether (sulfide) groups is 1. The summed E-state index contributed by atoms with van der Waals surface area (Å²) in [6.07, 6.45) is 1.83. The van der Waals surface area contributed by atoms with E-state index < -0.39 is 0 Å². The van der Waals surface area contributed by atoms with Crippen LogP contribution in [0, 0.1) is 27.7 Å². The molecule has 128 valence electrons. The molecule has 2 N–H and O–H groups in total. The van der Waals surface area contributed by atoms with Gasteiger partial charge in [0.2, 0.25) is 0 Å². The number of nitrogens with one attached hydrogen (secondary N) is 1. The predicted octanol–water partition coefficient (Wildman–Crippen LogP) is 4.52. The van der Waals surface area contributed by atoms with E-state index in [1.54, 1.807) is 0 Å². The van der Waals surface area contributed by atoms with E-state index in [9.17, 15) is 9.90 Å². The Labute approximate surface area is 151 Å². The predicted molar refractivity (Wildman–Crippen MR) is 104 cm³/mol. The van der Waals surface area contributed by atoms with Gasteiger partial charge in [0.1, 0.15) is 5.75 Å². The van der Waals surface area contributed by atoms with Crippen LogP contribution in [-0.4, -0.2) is 16.2 Å². The highest BCUT2D eigenvalue weighted by Crippen LogP contribution is 2.31. The molecule has 1 saturated heterocycles. The van der Waals surface area contributed by atoms with Crippen molar-refractivity contribution in [2.75, 3.05) is 0 Å². The summed E-state index contributed by atoms with van der Waals surface area (Å²) in [6.45, 7) is 7.71. The molecule has 0 atom stereocenters. The molecule has 1 heterocycles. The highest BCUT2D eigenvalue weighted by molar-refractivity contribution is 8.18. The Morgan fingerprint density at radius 1 is 1.04 bits per heavy atom. The largest absolute Gasteiger partial charge is 0.507 e. The van der Waals surface area contributed by atoms with Crippen LogP contribution < -0.4 is 5.32 Å². The van der Waals surface area contributed by atoms with E-state index in [-0.39, 0.29) is 5.91 Å². The van der Waals surface area contributed by atoms with Crippen molar-refractivity contribution >= 4 is 34.6 Å². The third-order valence-corrected chi connectivity index (χ3v) is 5.02. The van der Waals surface area contributed by atoms with Gasteiger partial charge in [0.15, 0.2) is 5.17 Å². The zero-order valence-electron chi connectivity index (χ0n) is 14.7. The van der Waals surface area contributed by atoms with Gasteiger partial charge >= 0.3 is 0 Å². The number of hydrogen-bond acceptors (Lipinski definition) is 4. The van der Waals surface area contributed by atoms with Gasteiger partial charge in [0.25, 0.3) is 5.91 Å². The highest BCUT2D eigenvalue weighted by atomic mass is 32.2. The molecule has 1 fully saturated rings. The second kappa shape index (κ2) is 6.76.